The molecule has 4 aromatic rings. The van der Waals surface area contributed by atoms with Crippen LogP contribution in [0.4, 0.5) is 0 Å². The van der Waals surface area contributed by atoms with Gasteiger partial charge in [0, 0.05) is 11.1 Å². The van der Waals surface area contributed by atoms with Crippen LogP contribution in [0, 0.1) is 6.92 Å². The van der Waals surface area contributed by atoms with Gasteiger partial charge in [-0.25, -0.2) is 13.1 Å². The predicted octanol–water partition coefficient (Wildman–Crippen LogP) is 5.51. The summed E-state index contributed by atoms with van der Waals surface area (Å²) in [5.41, 5.74) is 3.29. The second kappa shape index (κ2) is 9.92. The largest absolute Gasteiger partial charge is 0.496 e. The maximum atomic E-state index is 13.2. The number of hydrogen-bond donors (Lipinski definition) is 1. The molecule has 9 heteroatoms. The molecule has 1 atom stereocenters. The molecule has 0 fully saturated rings. The number of aryl methyl sites for hydroxylation is 1. The maximum Gasteiger partial charge on any atom is 0.308 e. The van der Waals surface area contributed by atoms with Crippen LogP contribution in [0.2, 0.25) is 5.02 Å². The number of halogens is 1. The Morgan fingerprint density at radius 1 is 1.12 bits per heavy atom. The van der Waals surface area contributed by atoms with Crippen molar-refractivity contribution in [3.63, 3.8) is 0 Å². The lowest BCUT2D eigenvalue weighted by Crippen LogP contribution is -2.28. The molecule has 0 spiro atoms. The van der Waals surface area contributed by atoms with E-state index < -0.39 is 16.1 Å². The van der Waals surface area contributed by atoms with Crippen LogP contribution in [0.5, 0.6) is 5.75 Å². The van der Waals surface area contributed by atoms with Gasteiger partial charge in [-0.15, -0.1) is 0 Å². The first-order valence-electron chi connectivity index (χ1n) is 10.8. The van der Waals surface area contributed by atoms with Crippen molar-refractivity contribution in [3.05, 3.63) is 92.0 Å². The summed E-state index contributed by atoms with van der Waals surface area (Å²) in [7, 11) is -2.21. The monoisotopic (exact) mass is 516 g/mol. The zero-order valence-electron chi connectivity index (χ0n) is 19.0. The second-order valence-corrected chi connectivity index (χ2v) is 11.1. The molecule has 34 heavy (non-hydrogen) atoms. The van der Waals surface area contributed by atoms with Crippen LogP contribution in [-0.2, 0) is 16.6 Å². The van der Waals surface area contributed by atoms with Crippen molar-refractivity contribution in [1.82, 2.24) is 9.29 Å². The van der Waals surface area contributed by atoms with E-state index in [2.05, 4.69) is 4.72 Å². The third-order valence-electron chi connectivity index (χ3n) is 5.76. The van der Waals surface area contributed by atoms with Gasteiger partial charge in [-0.3, -0.25) is 9.36 Å². The fraction of sp³-hybridized carbons (Fsp3) is 0.240. The first-order chi connectivity index (χ1) is 16.2. The van der Waals surface area contributed by atoms with Crippen molar-refractivity contribution in [1.29, 1.82) is 0 Å². The first-order valence-corrected chi connectivity index (χ1v) is 13.4. The molecular formula is C25H25ClN2O4S2. The van der Waals surface area contributed by atoms with Crippen LogP contribution >= 0.6 is 22.9 Å². The van der Waals surface area contributed by atoms with Crippen molar-refractivity contribution in [2.45, 2.75) is 37.8 Å². The predicted molar refractivity (Wildman–Crippen MR) is 138 cm³/mol. The smallest absolute Gasteiger partial charge is 0.308 e. The molecule has 0 aliphatic rings. The number of benzene rings is 3. The molecule has 1 N–H and O–H groups in total. The number of fused-ring (bicyclic) bond motifs is 1. The Hall–Kier alpha value is -2.65. The number of methoxy groups -OCH3 is 1. The first kappa shape index (κ1) is 24.5. The molecule has 0 bridgehead atoms. The van der Waals surface area contributed by atoms with E-state index in [1.54, 1.807) is 29.9 Å². The van der Waals surface area contributed by atoms with Gasteiger partial charge in [0.25, 0.3) is 0 Å². The number of hydrogen-bond acceptors (Lipinski definition) is 5. The van der Waals surface area contributed by atoms with Gasteiger partial charge in [0.1, 0.15) is 5.75 Å². The normalized spacial score (nSPS) is 12.7. The van der Waals surface area contributed by atoms with Gasteiger partial charge >= 0.3 is 4.87 Å². The van der Waals surface area contributed by atoms with Gasteiger partial charge in [0.2, 0.25) is 10.0 Å². The number of sulfonamides is 1. The summed E-state index contributed by atoms with van der Waals surface area (Å²) in [5.74, 6) is 0.753. The van der Waals surface area contributed by atoms with Crippen molar-refractivity contribution < 1.29 is 13.2 Å². The van der Waals surface area contributed by atoms with Crippen LogP contribution in [-0.4, -0.2) is 20.1 Å². The summed E-state index contributed by atoms with van der Waals surface area (Å²) >= 11 is 7.28. The molecule has 3 aromatic carbocycles. The summed E-state index contributed by atoms with van der Waals surface area (Å²) in [6, 6.07) is 17.4. The van der Waals surface area contributed by atoms with E-state index in [1.807, 2.05) is 50.2 Å². The third kappa shape index (κ3) is 4.90. The minimum absolute atomic E-state index is 0.120. The number of thiazole rings is 1. The Balaban J connectivity index is 1.64. The third-order valence-corrected chi connectivity index (χ3v) is 8.54. The Morgan fingerprint density at radius 3 is 2.56 bits per heavy atom. The molecule has 0 aliphatic carbocycles. The SMILES string of the molecule is CC[C@H](NS(=O)(=O)c1ccc2c(c1)sc(=O)n2Cc1ccccc1Cl)c1ccc(OC)c(C)c1. The number of rotatable bonds is 8. The molecule has 0 amide bonds. The van der Waals surface area contributed by atoms with Gasteiger partial charge in [-0.05, 0) is 60.4 Å². The van der Waals surface area contributed by atoms with Crippen LogP contribution in [0.25, 0.3) is 10.2 Å². The number of nitrogens with one attached hydrogen (secondary N) is 1. The molecule has 0 aliphatic heterocycles. The van der Waals surface area contributed by atoms with Gasteiger partial charge in [-0.2, -0.15) is 0 Å². The van der Waals surface area contributed by atoms with Crippen LogP contribution in [0.1, 0.15) is 36.1 Å². The van der Waals surface area contributed by atoms with Crippen molar-refractivity contribution >= 4 is 43.2 Å². The molecule has 4 rings (SSSR count). The zero-order chi connectivity index (χ0) is 24.5. The zero-order valence-corrected chi connectivity index (χ0v) is 21.4. The van der Waals surface area contributed by atoms with Gasteiger partial charge in [0.05, 0.1) is 28.8 Å². The molecular weight excluding hydrogens is 492 g/mol. The highest BCUT2D eigenvalue weighted by Crippen LogP contribution is 2.28. The maximum absolute atomic E-state index is 13.2. The molecule has 178 valence electrons. The van der Waals surface area contributed by atoms with E-state index in [1.165, 1.54) is 6.07 Å². The number of ether oxygens (including phenoxy) is 1. The summed E-state index contributed by atoms with van der Waals surface area (Å²) in [6.07, 6.45) is 0.578. The van der Waals surface area contributed by atoms with E-state index >= 15 is 0 Å². The quantitative estimate of drug-likeness (QED) is 0.335. The van der Waals surface area contributed by atoms with E-state index in [4.69, 9.17) is 16.3 Å². The average Bonchev–Trinajstić information content (AvgIpc) is 3.13. The lowest BCUT2D eigenvalue weighted by atomic mass is 10.0. The van der Waals surface area contributed by atoms with Crippen LogP contribution in [0.15, 0.2) is 70.4 Å². The summed E-state index contributed by atoms with van der Waals surface area (Å²) < 4.78 is 36.8. The Kier molecular flexibility index (Phi) is 7.14. The lowest BCUT2D eigenvalue weighted by molar-refractivity contribution is 0.411. The van der Waals surface area contributed by atoms with Crippen molar-refractivity contribution in [2.75, 3.05) is 7.11 Å². The van der Waals surface area contributed by atoms with E-state index in [0.717, 1.165) is 33.8 Å². The fourth-order valence-electron chi connectivity index (χ4n) is 3.92. The minimum Gasteiger partial charge on any atom is -0.496 e. The van der Waals surface area contributed by atoms with Crippen LogP contribution in [0.3, 0.4) is 0 Å². The number of aromatic nitrogens is 1. The average molecular weight is 517 g/mol. The lowest BCUT2D eigenvalue weighted by Gasteiger charge is -2.19. The highest BCUT2D eigenvalue weighted by Gasteiger charge is 2.22. The van der Waals surface area contributed by atoms with E-state index in [0.29, 0.717) is 28.2 Å². The molecule has 0 saturated heterocycles. The highest BCUT2D eigenvalue weighted by atomic mass is 35.5. The Morgan fingerprint density at radius 2 is 1.88 bits per heavy atom. The second-order valence-electron chi connectivity index (χ2n) is 7.99. The highest BCUT2D eigenvalue weighted by molar-refractivity contribution is 7.89. The van der Waals surface area contributed by atoms with Crippen molar-refractivity contribution in [2.24, 2.45) is 0 Å². The van der Waals surface area contributed by atoms with Gasteiger partial charge in [-0.1, -0.05) is 60.2 Å². The van der Waals surface area contributed by atoms with E-state index in [9.17, 15) is 13.2 Å². The molecule has 0 unspecified atom stereocenters. The standard InChI is InChI=1S/C25H25ClN2O4S2/c1-4-21(17-9-12-23(32-3)16(2)13-17)27-34(30,31)19-10-11-22-24(14-19)33-25(29)28(22)15-18-7-5-6-8-20(18)26/h5-14,21,27H,4,15H2,1-3H3/t21-/m0/s1. The fourth-order valence-corrected chi connectivity index (χ4v) is 6.45. The molecule has 0 radical (unpaired) electrons. The van der Waals surface area contributed by atoms with Crippen LogP contribution < -0.4 is 14.3 Å². The topological polar surface area (TPSA) is 77.4 Å². The molecule has 1 heterocycles. The van der Waals surface area contributed by atoms with Gasteiger partial charge < -0.3 is 4.74 Å². The summed E-state index contributed by atoms with van der Waals surface area (Å²) in [4.78, 5) is 12.6. The molecule has 6 nitrogen and oxygen atoms in total. The Bertz CT molecular complexity index is 1510. The molecule has 1 aromatic heterocycles. The number of nitrogens with zero attached hydrogens (tertiary/aromatic N) is 1. The minimum atomic E-state index is -3.82. The summed E-state index contributed by atoms with van der Waals surface area (Å²) in [6.45, 7) is 4.17. The molecule has 0 saturated carbocycles. The van der Waals surface area contributed by atoms with Crippen molar-refractivity contribution in [3.8, 4) is 5.75 Å². The van der Waals surface area contributed by atoms with Gasteiger partial charge in [0.15, 0.2) is 0 Å². The Labute approximate surface area is 207 Å². The van der Waals surface area contributed by atoms with E-state index in [-0.39, 0.29) is 9.77 Å². The summed E-state index contributed by atoms with van der Waals surface area (Å²) in [5, 5.41) is 0.580.